The van der Waals surface area contributed by atoms with Crippen molar-refractivity contribution >= 4 is 5.78 Å². The van der Waals surface area contributed by atoms with Crippen LogP contribution in [0.4, 0.5) is 13.2 Å². The van der Waals surface area contributed by atoms with Crippen LogP contribution in [0.5, 0.6) is 0 Å². The zero-order chi connectivity index (χ0) is 9.90. The van der Waals surface area contributed by atoms with Crippen molar-refractivity contribution in [3.63, 3.8) is 0 Å². The molecule has 0 aliphatic carbocycles. The summed E-state index contributed by atoms with van der Waals surface area (Å²) in [6.45, 7) is 0.718. The first-order valence-electron chi connectivity index (χ1n) is 4.33. The third kappa shape index (κ3) is 3.34. The Morgan fingerprint density at radius 3 is 2.54 bits per heavy atom. The molecule has 1 fully saturated rings. The van der Waals surface area contributed by atoms with E-state index in [1.165, 1.54) is 0 Å². The summed E-state index contributed by atoms with van der Waals surface area (Å²) in [5.41, 5.74) is 0. The van der Waals surface area contributed by atoms with Gasteiger partial charge in [0.05, 0.1) is 0 Å². The minimum atomic E-state index is -4.67. The molecule has 1 heterocycles. The predicted octanol–water partition coefficient (Wildman–Crippen LogP) is 1.65. The van der Waals surface area contributed by atoms with Gasteiger partial charge in [-0.1, -0.05) is 6.42 Å². The topological polar surface area (TPSA) is 29.1 Å². The summed E-state index contributed by atoms with van der Waals surface area (Å²) >= 11 is 0. The second kappa shape index (κ2) is 4.09. The third-order valence-corrected chi connectivity index (χ3v) is 2.16. The normalized spacial score (nSPS) is 24.4. The van der Waals surface area contributed by atoms with E-state index in [0.29, 0.717) is 6.42 Å². The lowest BCUT2D eigenvalue weighted by molar-refractivity contribution is -0.171. The lowest BCUT2D eigenvalue weighted by atomic mass is 10.00. The van der Waals surface area contributed by atoms with E-state index >= 15 is 0 Å². The summed E-state index contributed by atoms with van der Waals surface area (Å²) in [7, 11) is 0. The van der Waals surface area contributed by atoms with E-state index in [0.717, 1.165) is 19.4 Å². The predicted molar refractivity (Wildman–Crippen MR) is 41.3 cm³/mol. The van der Waals surface area contributed by atoms with E-state index in [2.05, 4.69) is 5.32 Å². The summed E-state index contributed by atoms with van der Waals surface area (Å²) in [4.78, 5) is 10.6. The van der Waals surface area contributed by atoms with Crippen LogP contribution in [0.3, 0.4) is 0 Å². The van der Waals surface area contributed by atoms with Crippen molar-refractivity contribution in [2.24, 2.45) is 0 Å². The zero-order valence-electron chi connectivity index (χ0n) is 7.16. The Balaban J connectivity index is 2.35. The number of hydrogen-bond acceptors (Lipinski definition) is 2. The van der Waals surface area contributed by atoms with Gasteiger partial charge in [0.25, 0.3) is 0 Å². The highest BCUT2D eigenvalue weighted by molar-refractivity contribution is 5.84. The van der Waals surface area contributed by atoms with Crippen LogP contribution in [0.25, 0.3) is 0 Å². The van der Waals surface area contributed by atoms with Gasteiger partial charge in [-0.3, -0.25) is 4.79 Å². The number of ketones is 1. The number of piperidine rings is 1. The maximum Gasteiger partial charge on any atom is 0.450 e. The minimum Gasteiger partial charge on any atom is -0.314 e. The van der Waals surface area contributed by atoms with E-state index in [1.54, 1.807) is 0 Å². The van der Waals surface area contributed by atoms with Crippen LogP contribution in [0.1, 0.15) is 25.7 Å². The summed E-state index contributed by atoms with van der Waals surface area (Å²) in [5, 5.41) is 2.90. The molecule has 13 heavy (non-hydrogen) atoms. The lowest BCUT2D eigenvalue weighted by Gasteiger charge is -2.22. The summed E-state index contributed by atoms with van der Waals surface area (Å²) in [6, 6.07) is -0.275. The molecule has 0 radical (unpaired) electrons. The highest BCUT2D eigenvalue weighted by Crippen LogP contribution is 2.21. The van der Waals surface area contributed by atoms with Crippen molar-refractivity contribution in [1.82, 2.24) is 5.32 Å². The molecule has 1 aliphatic heterocycles. The fourth-order valence-electron chi connectivity index (χ4n) is 1.44. The molecule has 5 heteroatoms. The number of halogens is 3. The molecule has 0 spiro atoms. The molecule has 0 aromatic heterocycles. The van der Waals surface area contributed by atoms with Crippen molar-refractivity contribution in [1.29, 1.82) is 0 Å². The van der Waals surface area contributed by atoms with Gasteiger partial charge >= 0.3 is 6.18 Å². The van der Waals surface area contributed by atoms with Gasteiger partial charge in [0.15, 0.2) is 0 Å². The van der Waals surface area contributed by atoms with Gasteiger partial charge in [0.1, 0.15) is 0 Å². The van der Waals surface area contributed by atoms with E-state index in [4.69, 9.17) is 0 Å². The Bertz CT molecular complexity index is 184. The van der Waals surface area contributed by atoms with Gasteiger partial charge in [-0.15, -0.1) is 0 Å². The lowest BCUT2D eigenvalue weighted by Crippen LogP contribution is -2.38. The molecule has 1 aliphatic rings. The highest BCUT2D eigenvalue weighted by Gasteiger charge is 2.39. The zero-order valence-corrected chi connectivity index (χ0v) is 7.16. The number of rotatable bonds is 2. The second-order valence-electron chi connectivity index (χ2n) is 3.27. The molecule has 0 amide bonds. The number of nitrogens with one attached hydrogen (secondary N) is 1. The Kier molecular flexibility index (Phi) is 3.30. The molecular formula is C8H12F3NO. The molecule has 1 atom stereocenters. The molecule has 1 rings (SSSR count). The standard InChI is InChI=1S/C8H12F3NO/c9-8(10,11)7(13)5-6-3-1-2-4-12-6/h6,12H,1-5H2. The Labute approximate surface area is 74.5 Å². The van der Waals surface area contributed by atoms with Crippen LogP contribution in [-0.2, 0) is 4.79 Å². The van der Waals surface area contributed by atoms with Gasteiger partial charge < -0.3 is 5.32 Å². The Morgan fingerprint density at radius 2 is 2.08 bits per heavy atom. The van der Waals surface area contributed by atoms with Crippen molar-refractivity contribution < 1.29 is 18.0 Å². The first kappa shape index (κ1) is 10.5. The van der Waals surface area contributed by atoms with Crippen LogP contribution >= 0.6 is 0 Å². The molecule has 1 saturated heterocycles. The van der Waals surface area contributed by atoms with Gasteiger partial charge in [-0.05, 0) is 19.4 Å². The molecule has 76 valence electrons. The molecule has 1 N–H and O–H groups in total. The average Bonchev–Trinajstić information content (AvgIpc) is 2.04. The number of hydrogen-bond donors (Lipinski definition) is 1. The molecule has 2 nitrogen and oxygen atoms in total. The SMILES string of the molecule is O=C(CC1CCCCN1)C(F)(F)F. The largest absolute Gasteiger partial charge is 0.450 e. The maximum atomic E-state index is 11.8. The monoisotopic (exact) mass is 195 g/mol. The molecule has 0 aromatic carbocycles. The van der Waals surface area contributed by atoms with Crippen molar-refractivity contribution in [3.8, 4) is 0 Å². The van der Waals surface area contributed by atoms with Crippen LogP contribution in [-0.4, -0.2) is 24.5 Å². The second-order valence-corrected chi connectivity index (χ2v) is 3.27. The molecular weight excluding hydrogens is 183 g/mol. The Morgan fingerprint density at radius 1 is 1.38 bits per heavy atom. The first-order valence-corrected chi connectivity index (χ1v) is 4.33. The summed E-state index contributed by atoms with van der Waals surface area (Å²) < 4.78 is 35.5. The van der Waals surface area contributed by atoms with Crippen LogP contribution in [0, 0.1) is 0 Å². The van der Waals surface area contributed by atoms with Gasteiger partial charge in [-0.2, -0.15) is 13.2 Å². The van der Waals surface area contributed by atoms with Crippen molar-refractivity contribution in [2.75, 3.05) is 6.54 Å². The number of alkyl halides is 3. The quantitative estimate of drug-likeness (QED) is 0.725. The fourth-order valence-corrected chi connectivity index (χ4v) is 1.44. The number of Topliss-reactive ketones (excluding diaryl/α,β-unsaturated/α-hetero) is 1. The van der Waals surface area contributed by atoms with E-state index < -0.39 is 18.4 Å². The molecule has 1 unspecified atom stereocenters. The average molecular weight is 195 g/mol. The molecule has 0 bridgehead atoms. The third-order valence-electron chi connectivity index (χ3n) is 2.16. The summed E-state index contributed by atoms with van der Waals surface area (Å²) in [5.74, 6) is -1.62. The van der Waals surface area contributed by atoms with Crippen molar-refractivity contribution in [3.05, 3.63) is 0 Å². The first-order chi connectivity index (χ1) is 6.00. The fraction of sp³-hybridized carbons (Fsp3) is 0.875. The summed E-state index contributed by atoms with van der Waals surface area (Å²) in [6.07, 6.45) is -2.52. The molecule has 0 saturated carbocycles. The number of carbonyl (C=O) groups excluding carboxylic acids is 1. The van der Waals surface area contributed by atoms with Crippen LogP contribution in [0.15, 0.2) is 0 Å². The van der Waals surface area contributed by atoms with E-state index in [-0.39, 0.29) is 6.04 Å². The minimum absolute atomic E-state index is 0.275. The van der Waals surface area contributed by atoms with E-state index in [9.17, 15) is 18.0 Å². The van der Waals surface area contributed by atoms with Crippen molar-refractivity contribution in [2.45, 2.75) is 37.9 Å². The van der Waals surface area contributed by atoms with Crippen LogP contribution < -0.4 is 5.32 Å². The van der Waals surface area contributed by atoms with Gasteiger partial charge in [0, 0.05) is 12.5 Å². The van der Waals surface area contributed by atoms with Gasteiger partial charge in [-0.25, -0.2) is 0 Å². The molecule has 0 aromatic rings. The Hall–Kier alpha value is -0.580. The van der Waals surface area contributed by atoms with E-state index in [1.807, 2.05) is 0 Å². The smallest absolute Gasteiger partial charge is 0.314 e. The van der Waals surface area contributed by atoms with Gasteiger partial charge in [0.2, 0.25) is 5.78 Å². The number of carbonyl (C=O) groups is 1. The maximum absolute atomic E-state index is 11.8. The highest BCUT2D eigenvalue weighted by atomic mass is 19.4. The van der Waals surface area contributed by atoms with Crippen LogP contribution in [0.2, 0.25) is 0 Å².